The van der Waals surface area contributed by atoms with Gasteiger partial charge in [0.2, 0.25) is 5.82 Å². The first-order valence-corrected chi connectivity index (χ1v) is 8.94. The van der Waals surface area contributed by atoms with E-state index in [1.807, 2.05) is 22.4 Å². The molecule has 1 fully saturated rings. The molecule has 0 saturated carbocycles. The predicted molar refractivity (Wildman–Crippen MR) is 92.5 cm³/mol. The lowest BCUT2D eigenvalue weighted by Gasteiger charge is -2.31. The van der Waals surface area contributed by atoms with Crippen molar-refractivity contribution in [3.63, 3.8) is 0 Å². The van der Waals surface area contributed by atoms with Crippen molar-refractivity contribution >= 4 is 28.5 Å². The second-order valence-corrected chi connectivity index (χ2v) is 6.77. The first kappa shape index (κ1) is 15.5. The largest absolute Gasteiger partial charge is 0.423 e. The molecule has 3 aromatic heterocycles. The van der Waals surface area contributed by atoms with E-state index in [2.05, 4.69) is 15.1 Å². The van der Waals surface area contributed by atoms with E-state index in [4.69, 9.17) is 13.7 Å². The minimum Gasteiger partial charge on any atom is -0.423 e. The Kier molecular flexibility index (Phi) is 3.68. The molecule has 26 heavy (non-hydrogen) atoms. The van der Waals surface area contributed by atoms with Gasteiger partial charge in [-0.25, -0.2) is 4.39 Å². The molecule has 9 heteroatoms. The number of oxazole rings is 1. The molecule has 1 aliphatic heterocycles. The first-order chi connectivity index (χ1) is 12.8. The van der Waals surface area contributed by atoms with Crippen LogP contribution in [0.4, 0.5) is 10.4 Å². The summed E-state index contributed by atoms with van der Waals surface area (Å²) in [6.45, 7) is 1.45. The number of hydrogen-bond acceptors (Lipinski definition) is 8. The topological polar surface area (TPSA) is 77.4 Å². The minimum absolute atomic E-state index is 0.317. The van der Waals surface area contributed by atoms with E-state index in [0.717, 1.165) is 4.88 Å². The molecular formula is C17H13FN4O3S. The summed E-state index contributed by atoms with van der Waals surface area (Å²) < 4.78 is 30.3. The number of anilines is 1. The summed E-state index contributed by atoms with van der Waals surface area (Å²) >= 11 is 1.54. The van der Waals surface area contributed by atoms with Crippen LogP contribution in [0.15, 0.2) is 44.7 Å². The minimum atomic E-state index is -0.353. The van der Waals surface area contributed by atoms with Crippen LogP contribution in [0.25, 0.3) is 21.8 Å². The van der Waals surface area contributed by atoms with Gasteiger partial charge in [0.25, 0.3) is 11.9 Å². The Morgan fingerprint density at radius 1 is 1.23 bits per heavy atom. The number of morpholine rings is 1. The van der Waals surface area contributed by atoms with E-state index in [1.165, 1.54) is 12.1 Å². The predicted octanol–water partition coefficient (Wildman–Crippen LogP) is 3.66. The molecule has 7 nitrogen and oxygen atoms in total. The maximum Gasteiger partial charge on any atom is 0.299 e. The summed E-state index contributed by atoms with van der Waals surface area (Å²) in [7, 11) is 0. The molecule has 0 radical (unpaired) electrons. The van der Waals surface area contributed by atoms with Crippen molar-refractivity contribution in [2.24, 2.45) is 0 Å². The lowest BCUT2D eigenvalue weighted by molar-refractivity contribution is 0.0811. The highest BCUT2D eigenvalue weighted by atomic mass is 32.1. The average molecular weight is 372 g/mol. The van der Waals surface area contributed by atoms with Crippen molar-refractivity contribution in [1.82, 2.24) is 15.1 Å². The van der Waals surface area contributed by atoms with Crippen LogP contribution in [0.1, 0.15) is 11.9 Å². The number of hydrogen-bond donors (Lipinski definition) is 0. The smallest absolute Gasteiger partial charge is 0.299 e. The van der Waals surface area contributed by atoms with Crippen LogP contribution in [0.5, 0.6) is 0 Å². The number of rotatable bonds is 3. The van der Waals surface area contributed by atoms with E-state index >= 15 is 0 Å². The van der Waals surface area contributed by atoms with Crippen LogP contribution in [0.3, 0.4) is 0 Å². The Bertz CT molecular complexity index is 1050. The number of aromatic nitrogens is 3. The van der Waals surface area contributed by atoms with Crippen LogP contribution in [-0.2, 0) is 4.74 Å². The summed E-state index contributed by atoms with van der Waals surface area (Å²) in [6, 6.07) is 8.20. The number of benzene rings is 1. The fourth-order valence-electron chi connectivity index (χ4n) is 2.92. The van der Waals surface area contributed by atoms with Crippen molar-refractivity contribution in [2.75, 3.05) is 24.7 Å². The molecule has 0 spiro atoms. The van der Waals surface area contributed by atoms with E-state index in [-0.39, 0.29) is 11.9 Å². The molecule has 0 amide bonds. The van der Waals surface area contributed by atoms with Gasteiger partial charge in [-0.05, 0) is 23.6 Å². The quantitative estimate of drug-likeness (QED) is 0.543. The summed E-state index contributed by atoms with van der Waals surface area (Å²) in [4.78, 5) is 11.7. The van der Waals surface area contributed by atoms with Crippen LogP contribution >= 0.6 is 11.3 Å². The molecule has 5 rings (SSSR count). The molecule has 1 atom stereocenters. The Hall–Kier alpha value is -2.78. The number of fused-ring (bicyclic) bond motifs is 1. The van der Waals surface area contributed by atoms with Crippen molar-refractivity contribution < 1.29 is 18.1 Å². The van der Waals surface area contributed by atoms with E-state index < -0.39 is 0 Å². The van der Waals surface area contributed by atoms with Crippen molar-refractivity contribution in [1.29, 1.82) is 0 Å². The van der Waals surface area contributed by atoms with Gasteiger partial charge in [-0.2, -0.15) is 9.97 Å². The first-order valence-electron chi connectivity index (χ1n) is 8.06. The number of ether oxygens (including phenoxy) is 1. The molecule has 0 aliphatic carbocycles. The molecule has 1 aliphatic rings. The Morgan fingerprint density at radius 2 is 2.19 bits per heavy atom. The highest BCUT2D eigenvalue weighted by molar-refractivity contribution is 7.13. The van der Waals surface area contributed by atoms with E-state index in [9.17, 15) is 4.39 Å². The fourth-order valence-corrected chi connectivity index (χ4v) is 3.57. The third-order valence-corrected chi connectivity index (χ3v) is 5.05. The van der Waals surface area contributed by atoms with Crippen molar-refractivity contribution in [2.45, 2.75) is 6.04 Å². The van der Waals surface area contributed by atoms with Gasteiger partial charge in [-0.3, -0.25) is 0 Å². The molecule has 132 valence electrons. The molecule has 4 heterocycles. The monoisotopic (exact) mass is 372 g/mol. The van der Waals surface area contributed by atoms with Crippen LogP contribution in [0.2, 0.25) is 0 Å². The highest BCUT2D eigenvalue weighted by Crippen LogP contribution is 2.32. The van der Waals surface area contributed by atoms with E-state index in [0.29, 0.717) is 48.6 Å². The molecule has 4 aromatic rings. The molecular weight excluding hydrogens is 359 g/mol. The van der Waals surface area contributed by atoms with Crippen LogP contribution in [0, 0.1) is 5.82 Å². The fraction of sp³-hybridized carbons (Fsp3) is 0.235. The third-order valence-electron chi connectivity index (χ3n) is 4.18. The zero-order chi connectivity index (χ0) is 17.5. The molecule has 0 unspecified atom stereocenters. The van der Waals surface area contributed by atoms with Gasteiger partial charge in [-0.15, -0.1) is 11.3 Å². The molecule has 1 aromatic carbocycles. The summed E-state index contributed by atoms with van der Waals surface area (Å²) in [6.07, 6.45) is 0. The van der Waals surface area contributed by atoms with Crippen LogP contribution in [-0.4, -0.2) is 34.9 Å². The normalized spacial score (nSPS) is 17.9. The van der Waals surface area contributed by atoms with Crippen molar-refractivity contribution in [3.8, 4) is 10.7 Å². The summed E-state index contributed by atoms with van der Waals surface area (Å²) in [5.74, 6) is 0.620. The Balaban J connectivity index is 1.50. The second-order valence-electron chi connectivity index (χ2n) is 5.83. The van der Waals surface area contributed by atoms with Gasteiger partial charge in [0.1, 0.15) is 17.4 Å². The highest BCUT2D eigenvalue weighted by Gasteiger charge is 2.33. The molecule has 1 saturated heterocycles. The third kappa shape index (κ3) is 2.65. The van der Waals surface area contributed by atoms with Gasteiger partial charge in [0.05, 0.1) is 18.1 Å². The van der Waals surface area contributed by atoms with Crippen LogP contribution < -0.4 is 4.90 Å². The van der Waals surface area contributed by atoms with Crippen molar-refractivity contribution in [3.05, 3.63) is 47.4 Å². The Labute approximate surface area is 151 Å². The zero-order valence-electron chi connectivity index (χ0n) is 13.5. The van der Waals surface area contributed by atoms with Gasteiger partial charge in [0, 0.05) is 12.6 Å². The molecule has 0 bridgehead atoms. The van der Waals surface area contributed by atoms with Gasteiger partial charge >= 0.3 is 0 Å². The SMILES string of the molecule is Fc1ccc2oc(N3CCOC[C@@H]3c3nc(-c4cccs4)no3)nc2c1. The summed E-state index contributed by atoms with van der Waals surface area (Å²) in [5, 5.41) is 6.01. The van der Waals surface area contributed by atoms with E-state index in [1.54, 1.807) is 17.4 Å². The molecule has 0 N–H and O–H groups in total. The summed E-state index contributed by atoms with van der Waals surface area (Å²) in [5.41, 5.74) is 0.992. The lowest BCUT2D eigenvalue weighted by Crippen LogP contribution is -2.40. The van der Waals surface area contributed by atoms with Gasteiger partial charge in [0.15, 0.2) is 5.58 Å². The standard InChI is InChI=1S/C17H13FN4O3S/c18-10-3-4-13-11(8-10)19-17(24-13)22-5-6-23-9-12(22)16-20-15(21-25-16)14-2-1-7-26-14/h1-4,7-8,12H,5-6,9H2/t12-/m1/s1. The number of nitrogens with zero attached hydrogens (tertiary/aromatic N) is 4. The maximum atomic E-state index is 13.4. The number of halogens is 1. The van der Waals surface area contributed by atoms with Gasteiger partial charge < -0.3 is 18.6 Å². The maximum absolute atomic E-state index is 13.4. The average Bonchev–Trinajstić information content (AvgIpc) is 3.40. The Morgan fingerprint density at radius 3 is 3.08 bits per heavy atom. The second kappa shape index (κ2) is 6.19. The lowest BCUT2D eigenvalue weighted by atomic mass is 10.2. The zero-order valence-corrected chi connectivity index (χ0v) is 14.3. The number of thiophene rings is 1. The van der Waals surface area contributed by atoms with Gasteiger partial charge in [-0.1, -0.05) is 11.2 Å².